The summed E-state index contributed by atoms with van der Waals surface area (Å²) in [5, 5.41) is 4.82. The summed E-state index contributed by atoms with van der Waals surface area (Å²) in [5.41, 5.74) is 5.56. The summed E-state index contributed by atoms with van der Waals surface area (Å²) < 4.78 is 13.4. The minimum Gasteiger partial charge on any atom is -0.457 e. The molecule has 1 N–H and O–H groups in total. The molecule has 0 radical (unpaired) electrons. The Balaban J connectivity index is 1.25. The molecule has 0 bridgehead atoms. The van der Waals surface area contributed by atoms with Gasteiger partial charge in [-0.15, -0.1) is 0 Å². The topological polar surface area (TPSA) is 70.4 Å². The minimum absolute atomic E-state index is 0.318. The molecule has 7 nitrogen and oxygen atoms in total. The molecule has 8 heteroatoms. The predicted molar refractivity (Wildman–Crippen MR) is 143 cm³/mol. The van der Waals surface area contributed by atoms with Crippen LogP contribution in [0.3, 0.4) is 0 Å². The SMILES string of the molecule is Clc1ccc(Oc2ccc(C(=Cn3cncn3)NOCc3cccc(Oc4ccccc4)c3)cc2)cc1. The van der Waals surface area contributed by atoms with Crippen molar-refractivity contribution in [2.45, 2.75) is 6.61 Å². The molecule has 0 aliphatic rings. The Bertz CT molecular complexity index is 1440. The van der Waals surface area contributed by atoms with Crippen LogP contribution in [0.5, 0.6) is 23.0 Å². The molecule has 1 heterocycles. The van der Waals surface area contributed by atoms with Crippen LogP contribution >= 0.6 is 11.6 Å². The van der Waals surface area contributed by atoms with Crippen LogP contribution in [0.1, 0.15) is 11.1 Å². The molecule has 5 aromatic rings. The molecule has 37 heavy (non-hydrogen) atoms. The molecule has 5 rings (SSSR count). The summed E-state index contributed by atoms with van der Waals surface area (Å²) in [4.78, 5) is 9.85. The van der Waals surface area contributed by atoms with Crippen molar-refractivity contribution in [2.24, 2.45) is 0 Å². The van der Waals surface area contributed by atoms with Gasteiger partial charge in [0, 0.05) is 10.6 Å². The zero-order valence-electron chi connectivity index (χ0n) is 19.7. The number of aromatic nitrogens is 3. The number of hydrogen-bond donors (Lipinski definition) is 1. The number of hydrogen-bond acceptors (Lipinski definition) is 6. The molecule has 0 saturated carbocycles. The highest BCUT2D eigenvalue weighted by Gasteiger charge is 2.06. The van der Waals surface area contributed by atoms with Gasteiger partial charge in [0.2, 0.25) is 0 Å². The Morgan fingerprint density at radius 1 is 0.784 bits per heavy atom. The maximum absolute atomic E-state index is 5.95. The molecule has 0 unspecified atom stereocenters. The number of nitrogens with one attached hydrogen (secondary N) is 1. The molecule has 184 valence electrons. The lowest BCUT2D eigenvalue weighted by atomic mass is 10.1. The Kier molecular flexibility index (Phi) is 7.76. The van der Waals surface area contributed by atoms with Gasteiger partial charge in [-0.1, -0.05) is 41.9 Å². The highest BCUT2D eigenvalue weighted by atomic mass is 35.5. The van der Waals surface area contributed by atoms with Crippen molar-refractivity contribution < 1.29 is 14.3 Å². The van der Waals surface area contributed by atoms with E-state index in [0.29, 0.717) is 28.8 Å². The van der Waals surface area contributed by atoms with Crippen LogP contribution in [-0.4, -0.2) is 14.8 Å². The van der Waals surface area contributed by atoms with Gasteiger partial charge >= 0.3 is 0 Å². The molecule has 0 atom stereocenters. The standard InChI is InChI=1S/C29H23ClN4O3/c30-24-11-15-27(16-12-24)36-26-13-9-23(10-14-26)29(18-34-21-31-20-32-34)33-35-19-22-5-4-8-28(17-22)37-25-6-2-1-3-7-25/h1-18,20-21,33H,19H2. The molecule has 0 saturated heterocycles. The lowest BCUT2D eigenvalue weighted by Crippen LogP contribution is -2.14. The van der Waals surface area contributed by atoms with E-state index in [-0.39, 0.29) is 0 Å². The van der Waals surface area contributed by atoms with E-state index in [2.05, 4.69) is 15.6 Å². The third-order valence-electron chi connectivity index (χ3n) is 5.21. The highest BCUT2D eigenvalue weighted by molar-refractivity contribution is 6.30. The molecular formula is C29H23ClN4O3. The predicted octanol–water partition coefficient (Wildman–Crippen LogP) is 7.19. The Labute approximate surface area is 219 Å². The third kappa shape index (κ3) is 6.98. The van der Waals surface area contributed by atoms with E-state index in [1.807, 2.05) is 91.0 Å². The number of halogens is 1. The summed E-state index contributed by atoms with van der Waals surface area (Å²) in [6, 6.07) is 32.2. The van der Waals surface area contributed by atoms with E-state index in [4.69, 9.17) is 25.9 Å². The fourth-order valence-electron chi connectivity index (χ4n) is 3.44. The summed E-state index contributed by atoms with van der Waals surface area (Å²) in [6.07, 6.45) is 4.86. The van der Waals surface area contributed by atoms with Gasteiger partial charge in [-0.25, -0.2) is 9.67 Å². The van der Waals surface area contributed by atoms with Crippen LogP contribution in [0.25, 0.3) is 11.9 Å². The largest absolute Gasteiger partial charge is 0.457 e. The van der Waals surface area contributed by atoms with E-state index in [0.717, 1.165) is 22.6 Å². The number of ether oxygens (including phenoxy) is 2. The zero-order chi connectivity index (χ0) is 25.3. The number of benzene rings is 4. The zero-order valence-corrected chi connectivity index (χ0v) is 20.5. The first-order valence-electron chi connectivity index (χ1n) is 11.5. The molecule has 4 aromatic carbocycles. The second kappa shape index (κ2) is 11.9. The molecule has 0 spiro atoms. The van der Waals surface area contributed by atoms with Crippen molar-refractivity contribution in [1.82, 2.24) is 20.2 Å². The smallest absolute Gasteiger partial charge is 0.138 e. The monoisotopic (exact) mass is 510 g/mol. The summed E-state index contributed by atoms with van der Waals surface area (Å²) >= 11 is 5.95. The second-order valence-electron chi connectivity index (χ2n) is 7.95. The van der Waals surface area contributed by atoms with Gasteiger partial charge in [-0.2, -0.15) is 5.10 Å². The van der Waals surface area contributed by atoms with Crippen molar-refractivity contribution in [1.29, 1.82) is 0 Å². The molecule has 0 aliphatic carbocycles. The quantitative estimate of drug-likeness (QED) is 0.200. The second-order valence-corrected chi connectivity index (χ2v) is 8.39. The van der Waals surface area contributed by atoms with Crippen molar-refractivity contribution in [2.75, 3.05) is 0 Å². The Morgan fingerprint density at radius 2 is 1.46 bits per heavy atom. The minimum atomic E-state index is 0.318. The van der Waals surface area contributed by atoms with Crippen LogP contribution in [0, 0.1) is 0 Å². The van der Waals surface area contributed by atoms with Gasteiger partial charge in [-0.05, 0) is 78.4 Å². The van der Waals surface area contributed by atoms with Crippen molar-refractivity contribution in [3.05, 3.63) is 132 Å². The fourth-order valence-corrected chi connectivity index (χ4v) is 3.56. The van der Waals surface area contributed by atoms with E-state index >= 15 is 0 Å². The lowest BCUT2D eigenvalue weighted by Gasteiger charge is -2.13. The van der Waals surface area contributed by atoms with Gasteiger partial charge in [0.25, 0.3) is 0 Å². The first-order valence-corrected chi connectivity index (χ1v) is 11.9. The van der Waals surface area contributed by atoms with Crippen LogP contribution in [0.4, 0.5) is 0 Å². The molecular weight excluding hydrogens is 488 g/mol. The van der Waals surface area contributed by atoms with E-state index in [9.17, 15) is 0 Å². The lowest BCUT2D eigenvalue weighted by molar-refractivity contribution is 0.0648. The number of rotatable bonds is 10. The molecule has 0 fully saturated rings. The summed E-state index contributed by atoms with van der Waals surface area (Å²) in [6.45, 7) is 0.318. The van der Waals surface area contributed by atoms with Crippen LogP contribution < -0.4 is 15.0 Å². The fraction of sp³-hybridized carbons (Fsp3) is 0.0345. The van der Waals surface area contributed by atoms with Crippen molar-refractivity contribution in [3.8, 4) is 23.0 Å². The normalized spacial score (nSPS) is 11.2. The summed E-state index contributed by atoms with van der Waals surface area (Å²) in [5.74, 6) is 2.92. The first kappa shape index (κ1) is 24.1. The average Bonchev–Trinajstić information content (AvgIpc) is 3.44. The molecule has 0 aliphatic heterocycles. The van der Waals surface area contributed by atoms with Gasteiger partial charge in [0.15, 0.2) is 0 Å². The van der Waals surface area contributed by atoms with Crippen LogP contribution in [-0.2, 0) is 11.4 Å². The molecule has 1 aromatic heterocycles. The molecule has 0 amide bonds. The van der Waals surface area contributed by atoms with Crippen molar-refractivity contribution >= 4 is 23.5 Å². The maximum atomic E-state index is 5.95. The first-order chi connectivity index (χ1) is 18.2. The van der Waals surface area contributed by atoms with Crippen LogP contribution in [0.2, 0.25) is 5.02 Å². The Hall–Kier alpha value is -4.59. The van der Waals surface area contributed by atoms with Crippen LogP contribution in [0.15, 0.2) is 116 Å². The van der Waals surface area contributed by atoms with E-state index < -0.39 is 0 Å². The number of nitrogens with zero attached hydrogens (tertiary/aromatic N) is 3. The summed E-state index contributed by atoms with van der Waals surface area (Å²) in [7, 11) is 0. The van der Waals surface area contributed by atoms with Gasteiger partial charge < -0.3 is 9.47 Å². The third-order valence-corrected chi connectivity index (χ3v) is 5.46. The van der Waals surface area contributed by atoms with Crippen molar-refractivity contribution in [3.63, 3.8) is 0 Å². The van der Waals surface area contributed by atoms with Gasteiger partial charge in [-0.3, -0.25) is 10.3 Å². The number of para-hydroxylation sites is 1. The maximum Gasteiger partial charge on any atom is 0.138 e. The number of hydroxylamine groups is 1. The Morgan fingerprint density at radius 3 is 2.19 bits per heavy atom. The van der Waals surface area contributed by atoms with Gasteiger partial charge in [0.1, 0.15) is 35.7 Å². The van der Waals surface area contributed by atoms with Gasteiger partial charge in [0.05, 0.1) is 18.5 Å². The van der Waals surface area contributed by atoms with E-state index in [1.165, 1.54) is 6.33 Å². The van der Waals surface area contributed by atoms with E-state index in [1.54, 1.807) is 29.3 Å². The average molecular weight is 511 g/mol. The highest BCUT2D eigenvalue weighted by Crippen LogP contribution is 2.25.